The van der Waals surface area contributed by atoms with Crippen LogP contribution in [0.1, 0.15) is 57.1 Å². The number of piperidine rings is 1. The largest absolute Gasteiger partial charge is 0.444 e. The molecule has 0 bridgehead atoms. The first-order valence-corrected chi connectivity index (χ1v) is 16.1. The minimum Gasteiger partial charge on any atom is -0.444 e. The van der Waals surface area contributed by atoms with E-state index in [1.807, 2.05) is 68.1 Å². The summed E-state index contributed by atoms with van der Waals surface area (Å²) in [6.07, 6.45) is 4.53. The number of amides is 4. The fourth-order valence-electron chi connectivity index (χ4n) is 6.17. The Balaban J connectivity index is 1.04. The Labute approximate surface area is 273 Å². The second-order valence-corrected chi connectivity index (χ2v) is 13.4. The SMILES string of the molecule is CC(C)(C)OC(=O)N1CC=C(c2cc(Cl)cc(-c3nnc(CC(=O)N4CCC(N5CCc6ccccc6NC5=O)CC4)o3)c2)CC1. The van der Waals surface area contributed by atoms with Crippen molar-refractivity contribution < 1.29 is 23.5 Å². The summed E-state index contributed by atoms with van der Waals surface area (Å²) in [7, 11) is 0. The number of nitrogens with one attached hydrogen (secondary N) is 1. The first-order valence-electron chi connectivity index (χ1n) is 15.8. The number of carbonyl (C=O) groups is 3. The number of anilines is 1. The highest BCUT2D eigenvalue weighted by Crippen LogP contribution is 2.31. The van der Waals surface area contributed by atoms with Crippen molar-refractivity contribution in [1.82, 2.24) is 24.9 Å². The smallest absolute Gasteiger partial charge is 0.410 e. The monoisotopic (exact) mass is 646 g/mol. The molecule has 11 nitrogen and oxygen atoms in total. The molecule has 46 heavy (non-hydrogen) atoms. The molecule has 1 fully saturated rings. The number of carbonyl (C=O) groups excluding carboxylic acids is 3. The molecule has 0 saturated carbocycles. The number of hydrogen-bond acceptors (Lipinski definition) is 7. The highest BCUT2D eigenvalue weighted by atomic mass is 35.5. The number of ether oxygens (including phenoxy) is 1. The fraction of sp³-hybridized carbons (Fsp3) is 0.441. The second-order valence-electron chi connectivity index (χ2n) is 13.0. The normalized spacial score (nSPS) is 17.6. The minimum atomic E-state index is -0.548. The lowest BCUT2D eigenvalue weighted by molar-refractivity contribution is -0.132. The molecule has 4 amide bonds. The van der Waals surface area contributed by atoms with Crippen molar-refractivity contribution in [1.29, 1.82) is 0 Å². The molecular formula is C34H39ClN6O5. The van der Waals surface area contributed by atoms with Crippen molar-refractivity contribution in [3.8, 4) is 11.5 Å². The molecule has 0 unspecified atom stereocenters. The molecular weight excluding hydrogens is 608 g/mol. The fourth-order valence-corrected chi connectivity index (χ4v) is 6.41. The van der Waals surface area contributed by atoms with E-state index in [-0.39, 0.29) is 42.3 Å². The molecule has 1 N–H and O–H groups in total. The summed E-state index contributed by atoms with van der Waals surface area (Å²) >= 11 is 6.48. The summed E-state index contributed by atoms with van der Waals surface area (Å²) < 4.78 is 11.4. The Bertz CT molecular complexity index is 1660. The average molecular weight is 647 g/mol. The zero-order valence-corrected chi connectivity index (χ0v) is 27.2. The first-order chi connectivity index (χ1) is 22.0. The number of rotatable bonds is 5. The van der Waals surface area contributed by atoms with E-state index in [2.05, 4.69) is 15.5 Å². The van der Waals surface area contributed by atoms with Gasteiger partial charge in [-0.2, -0.15) is 0 Å². The molecule has 12 heteroatoms. The molecule has 3 aliphatic heterocycles. The second kappa shape index (κ2) is 13.2. The molecule has 242 valence electrons. The summed E-state index contributed by atoms with van der Waals surface area (Å²) in [5, 5.41) is 11.9. The van der Waals surface area contributed by atoms with Gasteiger partial charge in [-0.15, -0.1) is 10.2 Å². The predicted octanol–water partition coefficient (Wildman–Crippen LogP) is 6.04. The molecule has 1 saturated heterocycles. The topological polar surface area (TPSA) is 121 Å². The van der Waals surface area contributed by atoms with Gasteiger partial charge in [-0.05, 0) is 87.4 Å². The molecule has 0 atom stereocenters. The molecule has 4 heterocycles. The van der Waals surface area contributed by atoms with Crippen molar-refractivity contribution in [2.45, 2.75) is 64.5 Å². The summed E-state index contributed by atoms with van der Waals surface area (Å²) in [5.74, 6) is 0.429. The maximum absolute atomic E-state index is 13.2. The van der Waals surface area contributed by atoms with Crippen molar-refractivity contribution in [2.75, 3.05) is 38.0 Å². The highest BCUT2D eigenvalue weighted by Gasteiger charge is 2.32. The molecule has 3 aliphatic rings. The van der Waals surface area contributed by atoms with Gasteiger partial charge in [0.1, 0.15) is 12.0 Å². The Morgan fingerprint density at radius 3 is 2.50 bits per heavy atom. The molecule has 1 aromatic heterocycles. The zero-order valence-electron chi connectivity index (χ0n) is 26.4. The standard InChI is InChI=1S/C34H39ClN6O5/c1-34(2,3)46-33(44)40-13-8-22(9-14-40)24-18-25(20-26(35)19-24)31-38-37-29(45-31)21-30(42)39-15-11-27(12-16-39)41-17-10-23-6-4-5-7-28(23)36-32(41)43/h4-8,18-20,27H,9-17,21H2,1-3H3,(H,36,43). The highest BCUT2D eigenvalue weighted by molar-refractivity contribution is 6.31. The van der Waals surface area contributed by atoms with Gasteiger partial charge in [0.25, 0.3) is 0 Å². The number of para-hydroxylation sites is 1. The van der Waals surface area contributed by atoms with Gasteiger partial charge in [-0.25, -0.2) is 9.59 Å². The van der Waals surface area contributed by atoms with Gasteiger partial charge >= 0.3 is 12.1 Å². The van der Waals surface area contributed by atoms with E-state index < -0.39 is 5.60 Å². The number of aromatic nitrogens is 2. The van der Waals surface area contributed by atoms with Gasteiger partial charge < -0.3 is 29.2 Å². The lowest BCUT2D eigenvalue weighted by atomic mass is 9.98. The predicted molar refractivity (Wildman–Crippen MR) is 174 cm³/mol. The lowest BCUT2D eigenvalue weighted by Crippen LogP contribution is -2.50. The van der Waals surface area contributed by atoms with E-state index >= 15 is 0 Å². The number of hydrogen-bond donors (Lipinski definition) is 1. The van der Waals surface area contributed by atoms with Gasteiger partial charge in [0.15, 0.2) is 0 Å². The number of fused-ring (bicyclic) bond motifs is 1. The van der Waals surface area contributed by atoms with Crippen LogP contribution in [0.5, 0.6) is 0 Å². The van der Waals surface area contributed by atoms with E-state index in [4.69, 9.17) is 20.8 Å². The Morgan fingerprint density at radius 2 is 1.76 bits per heavy atom. The van der Waals surface area contributed by atoms with Gasteiger partial charge in [0, 0.05) is 55.0 Å². The third kappa shape index (κ3) is 7.36. The summed E-state index contributed by atoms with van der Waals surface area (Å²) in [6, 6.07) is 13.4. The summed E-state index contributed by atoms with van der Waals surface area (Å²) in [5.41, 5.74) is 4.08. The van der Waals surface area contributed by atoms with E-state index in [0.29, 0.717) is 62.6 Å². The van der Waals surface area contributed by atoms with Gasteiger partial charge in [-0.1, -0.05) is 35.9 Å². The maximum atomic E-state index is 13.2. The van der Waals surface area contributed by atoms with E-state index in [0.717, 1.165) is 28.8 Å². The number of halogens is 1. The number of likely N-dealkylation sites (tertiary alicyclic amines) is 1. The maximum Gasteiger partial charge on any atom is 0.410 e. The molecule has 6 rings (SSSR count). The van der Waals surface area contributed by atoms with Crippen molar-refractivity contribution in [3.63, 3.8) is 0 Å². The quantitative estimate of drug-likeness (QED) is 0.359. The van der Waals surface area contributed by atoms with Crippen LogP contribution in [-0.4, -0.2) is 87.3 Å². The molecule has 0 spiro atoms. The minimum absolute atomic E-state index is 0.00372. The van der Waals surface area contributed by atoms with Crippen LogP contribution in [-0.2, 0) is 22.4 Å². The van der Waals surface area contributed by atoms with E-state index in [1.54, 1.807) is 15.9 Å². The lowest BCUT2D eigenvalue weighted by Gasteiger charge is -2.37. The van der Waals surface area contributed by atoms with Crippen LogP contribution in [0.2, 0.25) is 5.02 Å². The Hall–Kier alpha value is -4.38. The van der Waals surface area contributed by atoms with Crippen LogP contribution < -0.4 is 5.32 Å². The van der Waals surface area contributed by atoms with Crippen molar-refractivity contribution in [3.05, 3.63) is 70.6 Å². The number of benzene rings is 2. The van der Waals surface area contributed by atoms with Crippen LogP contribution in [0.4, 0.5) is 15.3 Å². The molecule has 3 aromatic rings. The van der Waals surface area contributed by atoms with Gasteiger partial charge in [0.2, 0.25) is 17.7 Å². The van der Waals surface area contributed by atoms with Crippen molar-refractivity contribution >= 4 is 40.9 Å². The van der Waals surface area contributed by atoms with E-state index in [1.165, 1.54) is 0 Å². The van der Waals surface area contributed by atoms with Crippen LogP contribution in [0.25, 0.3) is 17.0 Å². The third-order valence-electron chi connectivity index (χ3n) is 8.55. The van der Waals surface area contributed by atoms with Crippen LogP contribution in [0.3, 0.4) is 0 Å². The van der Waals surface area contributed by atoms with Crippen LogP contribution >= 0.6 is 11.6 Å². The zero-order chi connectivity index (χ0) is 32.4. The molecule has 2 aromatic carbocycles. The van der Waals surface area contributed by atoms with E-state index in [9.17, 15) is 14.4 Å². The number of urea groups is 1. The van der Waals surface area contributed by atoms with Crippen LogP contribution in [0.15, 0.2) is 53.0 Å². The number of nitrogens with zero attached hydrogens (tertiary/aromatic N) is 5. The molecule has 0 aliphatic carbocycles. The first kappa shape index (κ1) is 31.6. The Kier molecular flexibility index (Phi) is 9.04. The van der Waals surface area contributed by atoms with Crippen LogP contribution in [0, 0.1) is 0 Å². The van der Waals surface area contributed by atoms with Crippen molar-refractivity contribution in [2.24, 2.45) is 0 Å². The molecule has 0 radical (unpaired) electrons. The summed E-state index contributed by atoms with van der Waals surface area (Å²) in [6.45, 7) is 8.29. The third-order valence-corrected chi connectivity index (χ3v) is 8.76. The average Bonchev–Trinajstić information content (AvgIpc) is 3.42. The Morgan fingerprint density at radius 1 is 1.00 bits per heavy atom. The van der Waals surface area contributed by atoms with Gasteiger partial charge in [-0.3, -0.25) is 4.79 Å². The summed E-state index contributed by atoms with van der Waals surface area (Å²) in [4.78, 5) is 43.9. The van der Waals surface area contributed by atoms with Gasteiger partial charge in [0.05, 0.1) is 0 Å².